The van der Waals surface area contributed by atoms with Gasteiger partial charge in [0.25, 0.3) is 0 Å². The van der Waals surface area contributed by atoms with Gasteiger partial charge in [0, 0.05) is 36.8 Å². The van der Waals surface area contributed by atoms with Crippen molar-refractivity contribution in [3.05, 3.63) is 64.4 Å². The summed E-state index contributed by atoms with van der Waals surface area (Å²) in [4.78, 5) is 6.97. The van der Waals surface area contributed by atoms with E-state index in [1.54, 1.807) is 6.20 Å². The average molecular weight is 343 g/mol. The lowest BCUT2D eigenvalue weighted by molar-refractivity contribution is -0.0114. The highest BCUT2D eigenvalue weighted by Crippen LogP contribution is 2.50. The number of hydrogen-bond donors (Lipinski definition) is 1. The number of aromatic nitrogens is 1. The fraction of sp³-hybridized carbons (Fsp3) is 0.450. The van der Waals surface area contributed by atoms with Crippen LogP contribution in [0, 0.1) is 18.8 Å². The number of halogens is 1. The summed E-state index contributed by atoms with van der Waals surface area (Å²) >= 11 is 6.10. The smallest absolute Gasteiger partial charge is 0.111 e. The van der Waals surface area contributed by atoms with Gasteiger partial charge in [-0.25, -0.2) is 0 Å². The first-order valence-electron chi connectivity index (χ1n) is 8.67. The number of hydrogen-bond acceptors (Lipinski definition) is 3. The molecule has 1 aromatic heterocycles. The van der Waals surface area contributed by atoms with Crippen molar-refractivity contribution >= 4 is 11.6 Å². The number of benzene rings is 1. The fourth-order valence-corrected chi connectivity index (χ4v) is 4.85. The summed E-state index contributed by atoms with van der Waals surface area (Å²) in [6, 6.07) is 12.1. The van der Waals surface area contributed by atoms with Gasteiger partial charge < -0.3 is 5.11 Å². The van der Waals surface area contributed by atoms with Crippen LogP contribution in [-0.4, -0.2) is 28.1 Å². The Bertz CT molecular complexity index is 750. The standard InChI is InChI=1S/C20H23ClN2O/c1-14-4-3-9-22-19(14)20(24)8-7-16-12-23(13-18(16)20)11-15-5-2-6-17(21)10-15/h2-6,9-10,16,18,24H,7-8,11-13H2,1H3/t16-,18+,20-/m0/s1. The van der Waals surface area contributed by atoms with Crippen molar-refractivity contribution in [2.24, 2.45) is 11.8 Å². The van der Waals surface area contributed by atoms with Crippen LogP contribution in [0.3, 0.4) is 0 Å². The second-order valence-electron chi connectivity index (χ2n) is 7.32. The summed E-state index contributed by atoms with van der Waals surface area (Å²) in [7, 11) is 0. The number of likely N-dealkylation sites (tertiary alicyclic amines) is 1. The lowest BCUT2D eigenvalue weighted by Crippen LogP contribution is -2.36. The predicted molar refractivity (Wildman–Crippen MR) is 95.8 cm³/mol. The first-order valence-corrected chi connectivity index (χ1v) is 9.05. The van der Waals surface area contributed by atoms with Crippen LogP contribution in [0.1, 0.15) is 29.7 Å². The third-order valence-electron chi connectivity index (χ3n) is 5.74. The molecule has 3 atom stereocenters. The summed E-state index contributed by atoms with van der Waals surface area (Å²) < 4.78 is 0. The van der Waals surface area contributed by atoms with E-state index in [0.717, 1.165) is 48.8 Å². The van der Waals surface area contributed by atoms with Crippen LogP contribution in [0.2, 0.25) is 5.02 Å². The molecule has 1 saturated carbocycles. The minimum atomic E-state index is -0.779. The summed E-state index contributed by atoms with van der Waals surface area (Å²) in [6.07, 6.45) is 3.70. The highest BCUT2D eigenvalue weighted by molar-refractivity contribution is 6.30. The van der Waals surface area contributed by atoms with Crippen molar-refractivity contribution in [2.45, 2.75) is 31.9 Å². The summed E-state index contributed by atoms with van der Waals surface area (Å²) in [5.41, 5.74) is 2.43. The van der Waals surface area contributed by atoms with Gasteiger partial charge in [0.1, 0.15) is 5.60 Å². The van der Waals surface area contributed by atoms with Crippen molar-refractivity contribution in [3.8, 4) is 0 Å². The van der Waals surface area contributed by atoms with Gasteiger partial charge in [0.2, 0.25) is 0 Å². The molecule has 4 heteroatoms. The molecule has 4 rings (SSSR count). The topological polar surface area (TPSA) is 36.4 Å². The molecule has 2 fully saturated rings. The molecular weight excluding hydrogens is 320 g/mol. The zero-order chi connectivity index (χ0) is 16.7. The molecule has 1 aromatic carbocycles. The lowest BCUT2D eigenvalue weighted by atomic mass is 9.83. The van der Waals surface area contributed by atoms with E-state index in [4.69, 9.17) is 11.6 Å². The van der Waals surface area contributed by atoms with Gasteiger partial charge in [-0.2, -0.15) is 0 Å². The number of fused-ring (bicyclic) bond motifs is 1. The molecule has 3 nitrogen and oxygen atoms in total. The van der Waals surface area contributed by atoms with Crippen molar-refractivity contribution in [3.63, 3.8) is 0 Å². The van der Waals surface area contributed by atoms with Crippen molar-refractivity contribution < 1.29 is 5.11 Å². The van der Waals surface area contributed by atoms with E-state index in [-0.39, 0.29) is 5.92 Å². The number of aliphatic hydroxyl groups is 1. The van der Waals surface area contributed by atoms with Gasteiger partial charge in [-0.15, -0.1) is 0 Å². The molecule has 2 aromatic rings. The monoisotopic (exact) mass is 342 g/mol. The Balaban J connectivity index is 1.54. The zero-order valence-corrected chi connectivity index (χ0v) is 14.7. The van der Waals surface area contributed by atoms with Crippen LogP contribution in [0.5, 0.6) is 0 Å². The summed E-state index contributed by atoms with van der Waals surface area (Å²) in [6.45, 7) is 4.91. The molecule has 1 aliphatic carbocycles. The molecule has 1 saturated heterocycles. The van der Waals surface area contributed by atoms with Gasteiger partial charge in [-0.05, 0) is 55.0 Å². The maximum absolute atomic E-state index is 11.4. The minimum absolute atomic E-state index is 0.269. The first-order chi connectivity index (χ1) is 11.6. The van der Waals surface area contributed by atoms with Gasteiger partial charge >= 0.3 is 0 Å². The quantitative estimate of drug-likeness (QED) is 0.922. The predicted octanol–water partition coefficient (Wildman–Crippen LogP) is 3.77. The Morgan fingerprint density at radius 2 is 2.17 bits per heavy atom. The maximum Gasteiger partial charge on any atom is 0.111 e. The van der Waals surface area contributed by atoms with E-state index in [0.29, 0.717) is 5.92 Å². The van der Waals surface area contributed by atoms with Crippen LogP contribution in [0.4, 0.5) is 0 Å². The molecule has 0 bridgehead atoms. The Kier molecular flexibility index (Phi) is 4.11. The third kappa shape index (κ3) is 2.75. The van der Waals surface area contributed by atoms with Crippen LogP contribution >= 0.6 is 11.6 Å². The van der Waals surface area contributed by atoms with Gasteiger partial charge in [0.05, 0.1) is 5.69 Å². The fourth-order valence-electron chi connectivity index (χ4n) is 4.64. The minimum Gasteiger partial charge on any atom is -0.383 e. The second kappa shape index (κ2) is 6.14. The number of aryl methyl sites for hydroxylation is 1. The van der Waals surface area contributed by atoms with Gasteiger partial charge in [-0.3, -0.25) is 9.88 Å². The van der Waals surface area contributed by atoms with E-state index in [2.05, 4.69) is 16.0 Å². The third-order valence-corrected chi connectivity index (χ3v) is 5.98. The molecule has 0 unspecified atom stereocenters. The van der Waals surface area contributed by atoms with E-state index in [1.165, 1.54) is 5.56 Å². The second-order valence-corrected chi connectivity index (χ2v) is 7.76. The molecular formula is C20H23ClN2O. The lowest BCUT2D eigenvalue weighted by Gasteiger charge is -2.31. The molecule has 1 N–H and O–H groups in total. The van der Waals surface area contributed by atoms with Crippen LogP contribution < -0.4 is 0 Å². The molecule has 0 amide bonds. The van der Waals surface area contributed by atoms with E-state index >= 15 is 0 Å². The van der Waals surface area contributed by atoms with Crippen molar-refractivity contribution in [1.82, 2.24) is 9.88 Å². The van der Waals surface area contributed by atoms with Crippen LogP contribution in [0.15, 0.2) is 42.6 Å². The molecule has 126 valence electrons. The van der Waals surface area contributed by atoms with Crippen LogP contribution in [0.25, 0.3) is 0 Å². The number of pyridine rings is 1. The summed E-state index contributed by atoms with van der Waals surface area (Å²) in [5.74, 6) is 0.820. The molecule has 1 aliphatic heterocycles. The Morgan fingerprint density at radius 3 is 2.96 bits per heavy atom. The normalized spacial score (nSPS) is 29.8. The SMILES string of the molecule is Cc1cccnc1[C@]1(O)CC[C@H]2CN(Cc3cccc(Cl)c3)C[C@H]21. The van der Waals surface area contributed by atoms with Crippen molar-refractivity contribution in [1.29, 1.82) is 0 Å². The Hall–Kier alpha value is -1.42. The Morgan fingerprint density at radius 1 is 1.29 bits per heavy atom. The molecule has 24 heavy (non-hydrogen) atoms. The van der Waals surface area contributed by atoms with Gasteiger partial charge in [-0.1, -0.05) is 29.8 Å². The summed E-state index contributed by atoms with van der Waals surface area (Å²) in [5, 5.41) is 12.2. The van der Waals surface area contributed by atoms with E-state index < -0.39 is 5.60 Å². The zero-order valence-electron chi connectivity index (χ0n) is 14.0. The van der Waals surface area contributed by atoms with E-state index in [1.807, 2.05) is 37.3 Å². The highest BCUT2D eigenvalue weighted by Gasteiger charge is 2.53. The number of nitrogens with zero attached hydrogens (tertiary/aromatic N) is 2. The number of rotatable bonds is 3. The van der Waals surface area contributed by atoms with Gasteiger partial charge in [0.15, 0.2) is 0 Å². The largest absolute Gasteiger partial charge is 0.383 e. The maximum atomic E-state index is 11.4. The molecule has 0 spiro atoms. The molecule has 0 radical (unpaired) electrons. The van der Waals surface area contributed by atoms with Crippen LogP contribution in [-0.2, 0) is 12.1 Å². The Labute approximate surface area is 148 Å². The molecule has 2 aliphatic rings. The van der Waals surface area contributed by atoms with E-state index in [9.17, 15) is 5.11 Å². The van der Waals surface area contributed by atoms with Crippen molar-refractivity contribution in [2.75, 3.05) is 13.1 Å². The first kappa shape index (κ1) is 16.1. The molecule has 2 heterocycles. The highest BCUT2D eigenvalue weighted by atomic mass is 35.5. The average Bonchev–Trinajstić information content (AvgIpc) is 3.09.